The van der Waals surface area contributed by atoms with Crippen LogP contribution < -0.4 is 5.32 Å². The van der Waals surface area contributed by atoms with E-state index in [9.17, 15) is 0 Å². The second-order valence-electron chi connectivity index (χ2n) is 4.84. The molecule has 2 nitrogen and oxygen atoms in total. The number of hydrogen-bond acceptors (Lipinski definition) is 2. The fraction of sp³-hybridized carbons (Fsp3) is 0.429. The van der Waals surface area contributed by atoms with Crippen LogP contribution in [0.15, 0.2) is 30.4 Å². The van der Waals surface area contributed by atoms with Gasteiger partial charge in [-0.25, -0.2) is 0 Å². The van der Waals surface area contributed by atoms with Crippen LogP contribution in [0.25, 0.3) is 0 Å². The third kappa shape index (κ3) is 2.71. The molecule has 1 aliphatic heterocycles. The maximum absolute atomic E-state index is 3.94. The molecule has 0 aliphatic carbocycles. The molecule has 0 fully saturated rings. The Morgan fingerprint density at radius 3 is 2.88 bits per heavy atom. The number of rotatable bonds is 4. The van der Waals surface area contributed by atoms with Crippen LogP contribution in [0.2, 0.25) is 0 Å². The molecular formula is C14H20N2. The van der Waals surface area contributed by atoms with Gasteiger partial charge in [0, 0.05) is 26.2 Å². The summed E-state index contributed by atoms with van der Waals surface area (Å²) < 4.78 is 0. The van der Waals surface area contributed by atoms with Gasteiger partial charge < -0.3 is 5.32 Å². The van der Waals surface area contributed by atoms with E-state index >= 15 is 0 Å². The first-order chi connectivity index (χ1) is 7.65. The SMILES string of the molecule is C=C(C)CN(C)Cc1ccc2c(c1)CNC2. The van der Waals surface area contributed by atoms with Crippen molar-refractivity contribution in [1.29, 1.82) is 0 Å². The Labute approximate surface area is 98.0 Å². The molecule has 0 saturated carbocycles. The molecule has 16 heavy (non-hydrogen) atoms. The van der Waals surface area contributed by atoms with Crippen LogP contribution in [0.1, 0.15) is 23.6 Å². The monoisotopic (exact) mass is 216 g/mol. The largest absolute Gasteiger partial charge is 0.309 e. The summed E-state index contributed by atoms with van der Waals surface area (Å²) in [7, 11) is 2.14. The maximum Gasteiger partial charge on any atom is 0.0234 e. The normalized spacial score (nSPS) is 14.2. The summed E-state index contributed by atoms with van der Waals surface area (Å²) in [6.07, 6.45) is 0. The van der Waals surface area contributed by atoms with Crippen LogP contribution >= 0.6 is 0 Å². The highest BCUT2D eigenvalue weighted by molar-refractivity contribution is 5.34. The smallest absolute Gasteiger partial charge is 0.0234 e. The molecule has 0 radical (unpaired) electrons. The fourth-order valence-electron chi connectivity index (χ4n) is 2.27. The molecule has 0 saturated heterocycles. The molecule has 1 N–H and O–H groups in total. The number of benzene rings is 1. The van der Waals surface area contributed by atoms with E-state index in [1.807, 2.05) is 0 Å². The first-order valence-corrected chi connectivity index (χ1v) is 5.79. The highest BCUT2D eigenvalue weighted by Crippen LogP contribution is 2.17. The van der Waals surface area contributed by atoms with Gasteiger partial charge in [-0.15, -0.1) is 0 Å². The second-order valence-corrected chi connectivity index (χ2v) is 4.84. The highest BCUT2D eigenvalue weighted by Gasteiger charge is 2.10. The van der Waals surface area contributed by atoms with E-state index in [2.05, 4.69) is 49.0 Å². The summed E-state index contributed by atoms with van der Waals surface area (Å²) in [6.45, 7) is 10.0. The van der Waals surface area contributed by atoms with Crippen LogP contribution in [0, 0.1) is 0 Å². The minimum Gasteiger partial charge on any atom is -0.309 e. The van der Waals surface area contributed by atoms with Crippen LogP contribution in [-0.2, 0) is 19.6 Å². The molecule has 86 valence electrons. The van der Waals surface area contributed by atoms with Crippen LogP contribution in [0.3, 0.4) is 0 Å². The molecule has 0 spiro atoms. The number of fused-ring (bicyclic) bond motifs is 1. The van der Waals surface area contributed by atoms with Crippen molar-refractivity contribution in [2.45, 2.75) is 26.6 Å². The predicted octanol–water partition coefficient (Wildman–Crippen LogP) is 2.30. The lowest BCUT2D eigenvalue weighted by Crippen LogP contribution is -2.19. The van der Waals surface area contributed by atoms with E-state index in [1.54, 1.807) is 0 Å². The molecule has 0 amide bonds. The van der Waals surface area contributed by atoms with E-state index in [4.69, 9.17) is 0 Å². The van der Waals surface area contributed by atoms with Gasteiger partial charge >= 0.3 is 0 Å². The third-order valence-electron chi connectivity index (χ3n) is 2.89. The van der Waals surface area contributed by atoms with E-state index in [-0.39, 0.29) is 0 Å². The summed E-state index contributed by atoms with van der Waals surface area (Å²) in [5.41, 5.74) is 5.52. The number of nitrogens with zero attached hydrogens (tertiary/aromatic N) is 1. The lowest BCUT2D eigenvalue weighted by Gasteiger charge is -2.17. The molecule has 1 aliphatic rings. The summed E-state index contributed by atoms with van der Waals surface area (Å²) in [4.78, 5) is 2.30. The van der Waals surface area contributed by atoms with Crippen LogP contribution in [-0.4, -0.2) is 18.5 Å². The van der Waals surface area contributed by atoms with Gasteiger partial charge in [0.15, 0.2) is 0 Å². The van der Waals surface area contributed by atoms with Crippen molar-refractivity contribution in [1.82, 2.24) is 10.2 Å². The minimum atomic E-state index is 0.968. The molecule has 2 rings (SSSR count). The van der Waals surface area contributed by atoms with Gasteiger partial charge in [0.05, 0.1) is 0 Å². The summed E-state index contributed by atoms with van der Waals surface area (Å²) in [5, 5.41) is 3.37. The summed E-state index contributed by atoms with van der Waals surface area (Å²) in [6, 6.07) is 6.81. The Bertz CT molecular complexity index is 396. The molecule has 1 aromatic carbocycles. The van der Waals surface area contributed by atoms with Gasteiger partial charge in [0.2, 0.25) is 0 Å². The molecule has 0 unspecified atom stereocenters. The van der Waals surface area contributed by atoms with Gasteiger partial charge in [0.1, 0.15) is 0 Å². The summed E-state index contributed by atoms with van der Waals surface area (Å²) >= 11 is 0. The van der Waals surface area contributed by atoms with Gasteiger partial charge in [0.25, 0.3) is 0 Å². The zero-order valence-electron chi connectivity index (χ0n) is 10.2. The number of likely N-dealkylation sites (N-methyl/N-ethyl adjacent to an activating group) is 1. The Morgan fingerprint density at radius 2 is 2.12 bits per heavy atom. The van der Waals surface area contributed by atoms with Crippen molar-refractivity contribution in [3.63, 3.8) is 0 Å². The number of hydrogen-bond donors (Lipinski definition) is 1. The van der Waals surface area contributed by atoms with E-state index in [0.717, 1.165) is 26.2 Å². The zero-order chi connectivity index (χ0) is 11.5. The van der Waals surface area contributed by atoms with E-state index in [0.29, 0.717) is 0 Å². The lowest BCUT2D eigenvalue weighted by atomic mass is 10.1. The van der Waals surface area contributed by atoms with Crippen molar-refractivity contribution in [3.05, 3.63) is 47.0 Å². The molecule has 1 heterocycles. The second kappa shape index (κ2) is 4.81. The standard InChI is InChI=1S/C14H20N2/c1-11(2)9-16(3)10-12-4-5-13-7-15-8-14(13)6-12/h4-6,15H,1,7-10H2,2-3H3. The van der Waals surface area contributed by atoms with Gasteiger partial charge in [-0.2, -0.15) is 0 Å². The van der Waals surface area contributed by atoms with Crippen LogP contribution in [0.4, 0.5) is 0 Å². The topological polar surface area (TPSA) is 15.3 Å². The summed E-state index contributed by atoms with van der Waals surface area (Å²) in [5.74, 6) is 0. The van der Waals surface area contributed by atoms with Crippen molar-refractivity contribution in [2.75, 3.05) is 13.6 Å². The van der Waals surface area contributed by atoms with Gasteiger partial charge in [-0.05, 0) is 30.7 Å². The third-order valence-corrected chi connectivity index (χ3v) is 2.89. The molecular weight excluding hydrogens is 196 g/mol. The Hall–Kier alpha value is -1.12. The van der Waals surface area contributed by atoms with Gasteiger partial charge in [-0.3, -0.25) is 4.90 Å². The first kappa shape index (κ1) is 11.4. The minimum absolute atomic E-state index is 0.968. The maximum atomic E-state index is 3.94. The number of nitrogens with one attached hydrogen (secondary N) is 1. The molecule has 0 atom stereocenters. The first-order valence-electron chi connectivity index (χ1n) is 5.79. The van der Waals surface area contributed by atoms with E-state index < -0.39 is 0 Å². The average molecular weight is 216 g/mol. The van der Waals surface area contributed by atoms with Crippen molar-refractivity contribution >= 4 is 0 Å². The molecule has 1 aromatic rings. The van der Waals surface area contributed by atoms with Gasteiger partial charge in [-0.1, -0.05) is 30.4 Å². The zero-order valence-corrected chi connectivity index (χ0v) is 10.2. The van der Waals surface area contributed by atoms with Crippen molar-refractivity contribution in [3.8, 4) is 0 Å². The molecule has 0 aromatic heterocycles. The highest BCUT2D eigenvalue weighted by atomic mass is 15.1. The quantitative estimate of drug-likeness (QED) is 0.777. The Morgan fingerprint density at radius 1 is 1.38 bits per heavy atom. The molecule has 0 bridgehead atoms. The predicted molar refractivity (Wildman–Crippen MR) is 68.1 cm³/mol. The average Bonchev–Trinajstić information content (AvgIpc) is 2.63. The Kier molecular flexibility index (Phi) is 3.42. The molecule has 2 heteroatoms. The fourth-order valence-corrected chi connectivity index (χ4v) is 2.27. The van der Waals surface area contributed by atoms with E-state index in [1.165, 1.54) is 22.3 Å². The lowest BCUT2D eigenvalue weighted by molar-refractivity contribution is 0.355. The van der Waals surface area contributed by atoms with Crippen molar-refractivity contribution in [2.24, 2.45) is 0 Å². The van der Waals surface area contributed by atoms with Crippen molar-refractivity contribution < 1.29 is 0 Å². The van der Waals surface area contributed by atoms with Crippen LogP contribution in [0.5, 0.6) is 0 Å². The Balaban J connectivity index is 2.02.